The second-order valence-electron chi connectivity index (χ2n) is 7.28. The van der Waals surface area contributed by atoms with Crippen LogP contribution in [0.1, 0.15) is 51.1 Å². The lowest BCUT2D eigenvalue weighted by molar-refractivity contribution is 0.0201. The number of hydrogen-bond donors (Lipinski definition) is 0. The van der Waals surface area contributed by atoms with Crippen molar-refractivity contribution in [2.24, 2.45) is 0 Å². The van der Waals surface area contributed by atoms with Gasteiger partial charge in [0, 0.05) is 12.3 Å². The molecule has 1 fully saturated rings. The maximum absolute atomic E-state index is 12.4. The Labute approximate surface area is 172 Å². The lowest BCUT2D eigenvalue weighted by atomic mass is 10.2. The Bertz CT molecular complexity index is 822. The molecule has 9 heteroatoms. The number of ether oxygens (including phenoxy) is 1. The smallest absolute Gasteiger partial charge is 0.410 e. The summed E-state index contributed by atoms with van der Waals surface area (Å²) in [5, 5.41) is 9.72. The molecule has 27 heavy (non-hydrogen) atoms. The van der Waals surface area contributed by atoms with Crippen LogP contribution in [0.25, 0.3) is 0 Å². The van der Waals surface area contributed by atoms with Gasteiger partial charge in [-0.05, 0) is 51.3 Å². The Morgan fingerprint density at radius 3 is 2.81 bits per heavy atom. The lowest BCUT2D eigenvalue weighted by Crippen LogP contribution is -2.36. The summed E-state index contributed by atoms with van der Waals surface area (Å²) < 4.78 is 11.3. The van der Waals surface area contributed by atoms with E-state index in [0.29, 0.717) is 33.5 Å². The molecule has 1 aliphatic rings. The van der Waals surface area contributed by atoms with Gasteiger partial charge in [0.2, 0.25) is 5.89 Å². The van der Waals surface area contributed by atoms with Crippen LogP contribution in [0.3, 0.4) is 0 Å². The van der Waals surface area contributed by atoms with E-state index in [1.165, 1.54) is 11.8 Å². The molecule has 0 radical (unpaired) electrons. The molecular formula is C18H21Cl2N3O3S. The van der Waals surface area contributed by atoms with Gasteiger partial charge in [-0.15, -0.1) is 10.2 Å². The fraction of sp³-hybridized carbons (Fsp3) is 0.500. The van der Waals surface area contributed by atoms with Crippen molar-refractivity contribution < 1.29 is 13.9 Å². The number of nitrogens with zero attached hydrogens (tertiary/aromatic N) is 3. The second kappa shape index (κ2) is 8.29. The normalized spacial score (nSPS) is 17.4. The minimum Gasteiger partial charge on any atom is -0.444 e. The first kappa shape index (κ1) is 20.3. The molecule has 0 unspecified atom stereocenters. The lowest BCUT2D eigenvalue weighted by Gasteiger charge is -2.27. The largest absolute Gasteiger partial charge is 0.444 e. The van der Waals surface area contributed by atoms with Crippen molar-refractivity contribution in [1.29, 1.82) is 0 Å². The van der Waals surface area contributed by atoms with Crippen molar-refractivity contribution in [2.75, 3.05) is 6.54 Å². The monoisotopic (exact) mass is 429 g/mol. The summed E-state index contributed by atoms with van der Waals surface area (Å²) >= 11 is 13.4. The van der Waals surface area contributed by atoms with Gasteiger partial charge >= 0.3 is 6.09 Å². The predicted octanol–water partition coefficient (Wildman–Crippen LogP) is 5.74. The van der Waals surface area contributed by atoms with E-state index in [-0.39, 0.29) is 12.1 Å². The first-order valence-electron chi connectivity index (χ1n) is 8.63. The average molecular weight is 430 g/mol. The molecule has 1 saturated heterocycles. The Morgan fingerprint density at radius 2 is 2.11 bits per heavy atom. The minimum absolute atomic E-state index is 0.244. The van der Waals surface area contributed by atoms with Gasteiger partial charge in [-0.1, -0.05) is 41.0 Å². The number of amides is 1. The van der Waals surface area contributed by atoms with Gasteiger partial charge in [0.05, 0.1) is 10.0 Å². The van der Waals surface area contributed by atoms with Crippen LogP contribution < -0.4 is 0 Å². The number of hydrogen-bond acceptors (Lipinski definition) is 6. The highest BCUT2D eigenvalue weighted by Gasteiger charge is 2.36. The third kappa shape index (κ3) is 5.30. The summed E-state index contributed by atoms with van der Waals surface area (Å²) in [6.45, 7) is 6.16. The van der Waals surface area contributed by atoms with Gasteiger partial charge in [-0.3, -0.25) is 4.90 Å². The van der Waals surface area contributed by atoms with E-state index in [4.69, 9.17) is 32.4 Å². The highest BCUT2D eigenvalue weighted by molar-refractivity contribution is 7.98. The number of thioether (sulfide) groups is 1. The first-order valence-corrected chi connectivity index (χ1v) is 10.4. The van der Waals surface area contributed by atoms with Crippen molar-refractivity contribution in [3.8, 4) is 0 Å². The molecule has 6 nitrogen and oxygen atoms in total. The van der Waals surface area contributed by atoms with Crippen LogP contribution in [-0.4, -0.2) is 33.3 Å². The number of benzene rings is 1. The SMILES string of the molecule is CC(C)(C)OC(=O)N1CCC[C@H]1c1nnc(SCc2ccc(Cl)c(Cl)c2)o1. The summed E-state index contributed by atoms with van der Waals surface area (Å²) in [7, 11) is 0. The van der Waals surface area contributed by atoms with Crippen LogP contribution in [-0.2, 0) is 10.5 Å². The molecule has 1 aromatic carbocycles. The molecule has 0 N–H and O–H groups in total. The summed E-state index contributed by atoms with van der Waals surface area (Å²) in [6.07, 6.45) is 1.30. The topological polar surface area (TPSA) is 68.5 Å². The van der Waals surface area contributed by atoms with E-state index in [1.807, 2.05) is 32.9 Å². The zero-order valence-corrected chi connectivity index (χ0v) is 17.7. The molecule has 0 aliphatic carbocycles. The molecule has 1 aliphatic heterocycles. The van der Waals surface area contributed by atoms with Gasteiger partial charge in [-0.25, -0.2) is 4.79 Å². The maximum Gasteiger partial charge on any atom is 0.410 e. The third-order valence-corrected chi connectivity index (χ3v) is 5.56. The van der Waals surface area contributed by atoms with Crippen LogP contribution in [0.4, 0.5) is 4.79 Å². The molecule has 1 aromatic heterocycles. The predicted molar refractivity (Wildman–Crippen MR) is 105 cm³/mol. The summed E-state index contributed by atoms with van der Waals surface area (Å²) in [6, 6.07) is 5.23. The molecule has 3 rings (SSSR count). The molecule has 0 bridgehead atoms. The van der Waals surface area contributed by atoms with E-state index in [1.54, 1.807) is 11.0 Å². The van der Waals surface area contributed by atoms with Crippen LogP contribution in [0.5, 0.6) is 0 Å². The van der Waals surface area contributed by atoms with Crippen molar-refractivity contribution >= 4 is 41.1 Å². The van der Waals surface area contributed by atoms with E-state index < -0.39 is 5.60 Å². The van der Waals surface area contributed by atoms with E-state index in [0.717, 1.165) is 18.4 Å². The van der Waals surface area contributed by atoms with Gasteiger partial charge in [0.15, 0.2) is 0 Å². The average Bonchev–Trinajstić information content (AvgIpc) is 3.22. The Kier molecular flexibility index (Phi) is 6.23. The Hall–Kier alpha value is -1.44. The van der Waals surface area contributed by atoms with Crippen LogP contribution in [0.2, 0.25) is 10.0 Å². The standard InChI is InChI=1S/C18H21Cl2N3O3S/c1-18(2,3)26-17(24)23-8-4-5-14(23)15-21-22-16(25-15)27-10-11-6-7-12(19)13(20)9-11/h6-7,9,14H,4-5,8,10H2,1-3H3/t14-/m0/s1. The maximum atomic E-state index is 12.4. The molecule has 146 valence electrons. The Balaban J connectivity index is 1.64. The number of likely N-dealkylation sites (tertiary alicyclic amines) is 1. The Morgan fingerprint density at radius 1 is 1.33 bits per heavy atom. The van der Waals surface area contributed by atoms with Gasteiger partial charge < -0.3 is 9.15 Å². The van der Waals surface area contributed by atoms with Gasteiger partial charge in [0.1, 0.15) is 11.6 Å². The molecule has 2 aromatic rings. The number of carbonyl (C=O) groups is 1. The number of aromatic nitrogens is 2. The van der Waals surface area contributed by atoms with Gasteiger partial charge in [0.25, 0.3) is 5.22 Å². The summed E-state index contributed by atoms with van der Waals surface area (Å²) in [5.41, 5.74) is 0.463. The van der Waals surface area contributed by atoms with Gasteiger partial charge in [-0.2, -0.15) is 0 Å². The molecular weight excluding hydrogens is 409 g/mol. The van der Waals surface area contributed by atoms with E-state index >= 15 is 0 Å². The fourth-order valence-corrected chi connectivity index (χ4v) is 3.78. The van der Waals surface area contributed by atoms with Crippen molar-refractivity contribution in [3.63, 3.8) is 0 Å². The first-order chi connectivity index (χ1) is 12.7. The molecule has 0 spiro atoms. The number of carbonyl (C=O) groups excluding carboxylic acids is 1. The minimum atomic E-state index is -0.542. The zero-order chi connectivity index (χ0) is 19.6. The molecule has 0 saturated carbocycles. The van der Waals surface area contributed by atoms with Crippen LogP contribution >= 0.6 is 35.0 Å². The van der Waals surface area contributed by atoms with E-state index in [2.05, 4.69) is 10.2 Å². The zero-order valence-electron chi connectivity index (χ0n) is 15.4. The molecule has 1 amide bonds. The molecule has 1 atom stereocenters. The summed E-state index contributed by atoms with van der Waals surface area (Å²) in [5.74, 6) is 1.06. The second-order valence-corrected chi connectivity index (χ2v) is 9.02. The van der Waals surface area contributed by atoms with Crippen molar-refractivity contribution in [3.05, 3.63) is 39.7 Å². The van der Waals surface area contributed by atoms with Crippen molar-refractivity contribution in [1.82, 2.24) is 15.1 Å². The number of halogens is 2. The van der Waals surface area contributed by atoms with Crippen molar-refractivity contribution in [2.45, 2.75) is 56.2 Å². The quantitative estimate of drug-likeness (QED) is 0.576. The van der Waals surface area contributed by atoms with Crippen LogP contribution in [0.15, 0.2) is 27.8 Å². The van der Waals surface area contributed by atoms with Crippen LogP contribution in [0, 0.1) is 0 Å². The third-order valence-electron chi connectivity index (χ3n) is 3.93. The van der Waals surface area contributed by atoms with E-state index in [9.17, 15) is 4.79 Å². The highest BCUT2D eigenvalue weighted by Crippen LogP contribution is 2.34. The molecule has 2 heterocycles. The number of rotatable bonds is 4. The highest BCUT2D eigenvalue weighted by atomic mass is 35.5. The fourth-order valence-electron chi connectivity index (χ4n) is 2.75. The summed E-state index contributed by atoms with van der Waals surface area (Å²) in [4.78, 5) is 14.1.